The van der Waals surface area contributed by atoms with Gasteiger partial charge in [0.25, 0.3) is 0 Å². The molecule has 0 spiro atoms. The Bertz CT molecular complexity index is 280. The number of hydrogen-bond donors (Lipinski definition) is 0. The third kappa shape index (κ3) is 6.45. The molecule has 0 aromatic heterocycles. The second kappa shape index (κ2) is 8.27. The van der Waals surface area contributed by atoms with Crippen LogP contribution in [0.15, 0.2) is 23.8 Å². The van der Waals surface area contributed by atoms with Gasteiger partial charge in [0.05, 0.1) is 0 Å². The van der Waals surface area contributed by atoms with E-state index in [-0.39, 0.29) is 11.8 Å². The molecule has 0 amide bonds. The standard InChI is InChI=1S/C16H28O/c1-7-15(8-2)16(17)14(6)11-13(5)10-9-12(3)4/h9-12,14-15H,7-8H2,1-6H3/b10-9+,13-11+/t14-/m1/s1. The Morgan fingerprint density at radius 3 is 2.06 bits per heavy atom. The van der Waals surface area contributed by atoms with Crippen molar-refractivity contribution >= 4 is 5.78 Å². The van der Waals surface area contributed by atoms with Gasteiger partial charge in [0.1, 0.15) is 5.78 Å². The molecule has 0 aromatic rings. The van der Waals surface area contributed by atoms with E-state index in [0.29, 0.717) is 11.7 Å². The van der Waals surface area contributed by atoms with Crippen molar-refractivity contribution in [2.24, 2.45) is 17.8 Å². The molecule has 0 unspecified atom stereocenters. The molecular formula is C16H28O. The topological polar surface area (TPSA) is 17.1 Å². The minimum atomic E-state index is 0.0386. The Morgan fingerprint density at radius 2 is 1.65 bits per heavy atom. The molecule has 17 heavy (non-hydrogen) atoms. The second-order valence-corrected chi connectivity index (χ2v) is 5.22. The van der Waals surface area contributed by atoms with E-state index in [9.17, 15) is 4.79 Å². The van der Waals surface area contributed by atoms with Gasteiger partial charge in [-0.2, -0.15) is 0 Å². The molecule has 0 heterocycles. The summed E-state index contributed by atoms with van der Waals surface area (Å²) in [6.07, 6.45) is 8.27. The van der Waals surface area contributed by atoms with Gasteiger partial charge < -0.3 is 0 Å². The number of Topliss-reactive ketones (excluding diaryl/α,β-unsaturated/α-hetero) is 1. The number of allylic oxidation sites excluding steroid dienone is 4. The summed E-state index contributed by atoms with van der Waals surface area (Å²) in [7, 11) is 0. The van der Waals surface area contributed by atoms with Gasteiger partial charge in [-0.1, -0.05) is 58.4 Å². The van der Waals surface area contributed by atoms with E-state index in [1.807, 2.05) is 6.92 Å². The summed E-state index contributed by atoms with van der Waals surface area (Å²) in [5.74, 6) is 1.20. The zero-order chi connectivity index (χ0) is 13.4. The third-order valence-electron chi connectivity index (χ3n) is 3.09. The van der Waals surface area contributed by atoms with Crippen LogP contribution in [0.1, 0.15) is 54.4 Å². The molecule has 0 N–H and O–H groups in total. The summed E-state index contributed by atoms with van der Waals surface area (Å²) >= 11 is 0. The predicted octanol–water partition coefficient (Wildman–Crippen LogP) is 4.79. The maximum absolute atomic E-state index is 12.1. The second-order valence-electron chi connectivity index (χ2n) is 5.22. The van der Waals surface area contributed by atoms with Crippen LogP contribution in [-0.4, -0.2) is 5.78 Å². The maximum atomic E-state index is 12.1. The Morgan fingerprint density at radius 1 is 1.12 bits per heavy atom. The molecule has 0 aromatic carbocycles. The SMILES string of the molecule is CCC(CC)C(=O)[C@H](C)/C=C(C)/C=C/C(C)C. The van der Waals surface area contributed by atoms with Crippen molar-refractivity contribution in [2.75, 3.05) is 0 Å². The monoisotopic (exact) mass is 236 g/mol. The van der Waals surface area contributed by atoms with Crippen molar-refractivity contribution in [3.63, 3.8) is 0 Å². The van der Waals surface area contributed by atoms with E-state index in [1.54, 1.807) is 0 Å². The molecule has 1 atom stereocenters. The summed E-state index contributed by atoms with van der Waals surface area (Å²) in [5, 5.41) is 0. The lowest BCUT2D eigenvalue weighted by Crippen LogP contribution is -2.19. The molecule has 0 radical (unpaired) electrons. The average Bonchev–Trinajstić information content (AvgIpc) is 2.27. The molecule has 0 aliphatic carbocycles. The largest absolute Gasteiger partial charge is 0.299 e. The van der Waals surface area contributed by atoms with Gasteiger partial charge in [-0.05, 0) is 25.7 Å². The van der Waals surface area contributed by atoms with Crippen LogP contribution in [0, 0.1) is 17.8 Å². The van der Waals surface area contributed by atoms with Crippen LogP contribution in [-0.2, 0) is 4.79 Å². The molecule has 1 heteroatoms. The lowest BCUT2D eigenvalue weighted by molar-refractivity contribution is -0.125. The zero-order valence-electron chi connectivity index (χ0n) is 12.3. The molecule has 0 aliphatic heterocycles. The van der Waals surface area contributed by atoms with Crippen molar-refractivity contribution < 1.29 is 4.79 Å². The summed E-state index contributed by atoms with van der Waals surface area (Å²) in [6, 6.07) is 0. The van der Waals surface area contributed by atoms with Crippen LogP contribution in [0.4, 0.5) is 0 Å². The highest BCUT2D eigenvalue weighted by molar-refractivity contribution is 5.84. The minimum Gasteiger partial charge on any atom is -0.299 e. The molecule has 0 bridgehead atoms. The van der Waals surface area contributed by atoms with Crippen molar-refractivity contribution in [3.8, 4) is 0 Å². The third-order valence-corrected chi connectivity index (χ3v) is 3.09. The fourth-order valence-electron chi connectivity index (χ4n) is 1.94. The van der Waals surface area contributed by atoms with Gasteiger partial charge in [0.15, 0.2) is 0 Å². The van der Waals surface area contributed by atoms with Crippen LogP contribution < -0.4 is 0 Å². The average molecular weight is 236 g/mol. The van der Waals surface area contributed by atoms with Gasteiger partial charge in [-0.15, -0.1) is 0 Å². The summed E-state index contributed by atoms with van der Waals surface area (Å²) in [4.78, 5) is 12.1. The number of carbonyl (C=O) groups excluding carboxylic acids is 1. The maximum Gasteiger partial charge on any atom is 0.142 e. The highest BCUT2D eigenvalue weighted by Crippen LogP contribution is 2.17. The quantitative estimate of drug-likeness (QED) is 0.581. The van der Waals surface area contributed by atoms with E-state index in [0.717, 1.165) is 12.8 Å². The van der Waals surface area contributed by atoms with Crippen LogP contribution in [0.5, 0.6) is 0 Å². The molecule has 1 nitrogen and oxygen atoms in total. The lowest BCUT2D eigenvalue weighted by Gasteiger charge is -2.14. The van der Waals surface area contributed by atoms with E-state index in [2.05, 4.69) is 52.8 Å². The van der Waals surface area contributed by atoms with E-state index in [1.165, 1.54) is 5.57 Å². The number of rotatable bonds is 7. The predicted molar refractivity (Wildman–Crippen MR) is 76.0 cm³/mol. The number of carbonyl (C=O) groups is 1. The van der Waals surface area contributed by atoms with E-state index >= 15 is 0 Å². The van der Waals surface area contributed by atoms with Gasteiger partial charge >= 0.3 is 0 Å². The highest BCUT2D eigenvalue weighted by atomic mass is 16.1. The Balaban J connectivity index is 4.55. The van der Waals surface area contributed by atoms with E-state index < -0.39 is 0 Å². The Kier molecular flexibility index (Phi) is 7.86. The molecule has 0 saturated heterocycles. The first-order valence-corrected chi connectivity index (χ1v) is 6.82. The van der Waals surface area contributed by atoms with Crippen LogP contribution in [0.3, 0.4) is 0 Å². The van der Waals surface area contributed by atoms with E-state index in [4.69, 9.17) is 0 Å². The van der Waals surface area contributed by atoms with Gasteiger partial charge in [-0.3, -0.25) is 4.79 Å². The Hall–Kier alpha value is -0.850. The fourth-order valence-corrected chi connectivity index (χ4v) is 1.94. The van der Waals surface area contributed by atoms with Crippen molar-refractivity contribution in [2.45, 2.75) is 54.4 Å². The normalized spacial score (nSPS) is 14.9. The van der Waals surface area contributed by atoms with Gasteiger partial charge in [0.2, 0.25) is 0 Å². The first kappa shape index (κ1) is 16.1. The summed E-state index contributed by atoms with van der Waals surface area (Å²) in [5.41, 5.74) is 1.19. The van der Waals surface area contributed by atoms with Crippen molar-refractivity contribution in [1.82, 2.24) is 0 Å². The fraction of sp³-hybridized carbons (Fsp3) is 0.688. The summed E-state index contributed by atoms with van der Waals surface area (Å²) < 4.78 is 0. The molecular weight excluding hydrogens is 208 g/mol. The summed E-state index contributed by atoms with van der Waals surface area (Å²) in [6.45, 7) is 12.6. The van der Waals surface area contributed by atoms with Gasteiger partial charge in [0, 0.05) is 11.8 Å². The molecule has 98 valence electrons. The first-order valence-electron chi connectivity index (χ1n) is 6.82. The smallest absolute Gasteiger partial charge is 0.142 e. The Labute approximate surface area is 107 Å². The molecule has 0 aliphatic rings. The molecule has 0 fully saturated rings. The van der Waals surface area contributed by atoms with Crippen molar-refractivity contribution in [3.05, 3.63) is 23.8 Å². The lowest BCUT2D eigenvalue weighted by atomic mass is 9.89. The zero-order valence-corrected chi connectivity index (χ0v) is 12.3. The minimum absolute atomic E-state index is 0.0386. The highest BCUT2D eigenvalue weighted by Gasteiger charge is 2.18. The van der Waals surface area contributed by atoms with Crippen LogP contribution >= 0.6 is 0 Å². The number of ketones is 1. The number of hydrogen-bond acceptors (Lipinski definition) is 1. The first-order chi connectivity index (χ1) is 7.92. The van der Waals surface area contributed by atoms with Crippen LogP contribution in [0.25, 0.3) is 0 Å². The van der Waals surface area contributed by atoms with Crippen molar-refractivity contribution in [1.29, 1.82) is 0 Å². The molecule has 0 rings (SSSR count). The van der Waals surface area contributed by atoms with Gasteiger partial charge in [-0.25, -0.2) is 0 Å². The molecule has 0 saturated carbocycles. The van der Waals surface area contributed by atoms with Crippen LogP contribution in [0.2, 0.25) is 0 Å².